The zero-order valence-corrected chi connectivity index (χ0v) is 13.8. The Morgan fingerprint density at radius 3 is 2.09 bits per heavy atom. The molecule has 8 heteroatoms. The van der Waals surface area contributed by atoms with Crippen LogP contribution in [0.1, 0.15) is 38.5 Å². The number of rotatable bonds is 4. The lowest BCUT2D eigenvalue weighted by molar-refractivity contribution is -0.124. The Morgan fingerprint density at radius 2 is 1.57 bits per heavy atom. The van der Waals surface area contributed by atoms with Gasteiger partial charge in [0.1, 0.15) is 0 Å². The molecule has 0 unspecified atom stereocenters. The molecule has 4 aliphatic carbocycles. The molecule has 5 N–H and O–H groups in total. The van der Waals surface area contributed by atoms with Crippen LogP contribution in [0.3, 0.4) is 0 Å². The van der Waals surface area contributed by atoms with E-state index >= 15 is 0 Å². The van der Waals surface area contributed by atoms with E-state index in [1.807, 2.05) is 0 Å². The van der Waals surface area contributed by atoms with E-state index in [9.17, 15) is 4.79 Å². The Hall–Kier alpha value is -1.57. The maximum Gasteiger partial charge on any atom is 0.230 e. The van der Waals surface area contributed by atoms with Crippen molar-refractivity contribution in [2.24, 2.45) is 17.8 Å². The predicted molar refractivity (Wildman–Crippen MR) is 88.4 cm³/mol. The van der Waals surface area contributed by atoms with Crippen LogP contribution in [0.25, 0.3) is 0 Å². The third-order valence-corrected chi connectivity index (χ3v) is 6.27. The van der Waals surface area contributed by atoms with Crippen LogP contribution < -0.4 is 16.8 Å². The van der Waals surface area contributed by atoms with Crippen molar-refractivity contribution in [1.29, 1.82) is 0 Å². The Kier molecular flexibility index (Phi) is 3.59. The number of thioether (sulfide) groups is 1. The SMILES string of the molecule is Nc1nc(N)nc(SCC(=O)NC23CC4CC(CC(C4)C2)C3)n1. The molecule has 124 valence electrons. The first-order valence-electron chi connectivity index (χ1n) is 8.20. The highest BCUT2D eigenvalue weighted by Gasteiger charge is 2.51. The predicted octanol–water partition coefficient (Wildman–Crippen LogP) is 1.21. The van der Waals surface area contributed by atoms with Crippen LogP contribution in [-0.2, 0) is 4.79 Å². The Balaban J connectivity index is 1.37. The van der Waals surface area contributed by atoms with Crippen LogP contribution >= 0.6 is 11.8 Å². The van der Waals surface area contributed by atoms with Gasteiger partial charge in [0.05, 0.1) is 5.75 Å². The minimum absolute atomic E-state index is 0.0452. The van der Waals surface area contributed by atoms with Gasteiger partial charge in [0, 0.05) is 5.54 Å². The largest absolute Gasteiger partial charge is 0.368 e. The number of nitrogens with one attached hydrogen (secondary N) is 1. The van der Waals surface area contributed by atoms with Gasteiger partial charge in [0.2, 0.25) is 17.8 Å². The van der Waals surface area contributed by atoms with Gasteiger partial charge in [-0.25, -0.2) is 0 Å². The number of nitrogens with two attached hydrogens (primary N) is 2. The summed E-state index contributed by atoms with van der Waals surface area (Å²) < 4.78 is 0. The Morgan fingerprint density at radius 1 is 1.04 bits per heavy atom. The van der Waals surface area contributed by atoms with Crippen molar-refractivity contribution in [2.45, 2.75) is 49.2 Å². The fourth-order valence-electron chi connectivity index (χ4n) is 5.18. The van der Waals surface area contributed by atoms with Gasteiger partial charge in [0.15, 0.2) is 5.16 Å². The van der Waals surface area contributed by atoms with E-state index < -0.39 is 0 Å². The zero-order valence-electron chi connectivity index (χ0n) is 13.0. The standard InChI is InChI=1S/C15H22N6OS/c16-12-18-13(17)20-14(19-12)23-7-11(22)21-15-4-8-1-9(5-15)3-10(2-8)6-15/h8-10H,1-7H2,(H,21,22)(H4,16,17,18,19,20). The number of nitrogens with zero attached hydrogens (tertiary/aromatic N) is 3. The second kappa shape index (κ2) is 5.51. The second-order valence-electron chi connectivity index (χ2n) is 7.37. The normalized spacial score (nSPS) is 34.5. The number of anilines is 2. The second-order valence-corrected chi connectivity index (χ2v) is 8.31. The molecule has 4 saturated carbocycles. The lowest BCUT2D eigenvalue weighted by Gasteiger charge is -2.56. The summed E-state index contributed by atoms with van der Waals surface area (Å²) in [6.07, 6.45) is 7.57. The molecular weight excluding hydrogens is 312 g/mol. The highest BCUT2D eigenvalue weighted by Crippen LogP contribution is 2.55. The molecule has 5 rings (SSSR count). The summed E-state index contributed by atoms with van der Waals surface area (Å²) >= 11 is 1.25. The molecule has 0 atom stereocenters. The maximum atomic E-state index is 12.4. The molecule has 1 aromatic heterocycles. The van der Waals surface area contributed by atoms with Crippen molar-refractivity contribution < 1.29 is 4.79 Å². The highest BCUT2D eigenvalue weighted by molar-refractivity contribution is 7.99. The molecule has 4 aliphatic rings. The molecule has 4 fully saturated rings. The summed E-state index contributed by atoms with van der Waals surface area (Å²) in [7, 11) is 0. The van der Waals surface area contributed by atoms with Gasteiger partial charge in [-0.15, -0.1) is 0 Å². The molecule has 1 heterocycles. The smallest absolute Gasteiger partial charge is 0.230 e. The van der Waals surface area contributed by atoms with Crippen LogP contribution in [-0.4, -0.2) is 32.2 Å². The van der Waals surface area contributed by atoms with E-state index in [-0.39, 0.29) is 29.1 Å². The monoisotopic (exact) mass is 334 g/mol. The molecule has 0 radical (unpaired) electrons. The number of carbonyl (C=O) groups excluding carboxylic acids is 1. The average molecular weight is 334 g/mol. The fraction of sp³-hybridized carbons (Fsp3) is 0.733. The summed E-state index contributed by atoms with van der Waals surface area (Å²) in [6.45, 7) is 0. The van der Waals surface area contributed by atoms with Gasteiger partial charge >= 0.3 is 0 Å². The van der Waals surface area contributed by atoms with Crippen LogP contribution in [0.4, 0.5) is 11.9 Å². The summed E-state index contributed by atoms with van der Waals surface area (Å²) in [5.74, 6) is 2.95. The molecule has 1 aromatic rings. The van der Waals surface area contributed by atoms with Crippen LogP contribution in [0.15, 0.2) is 5.16 Å². The van der Waals surface area contributed by atoms with Gasteiger partial charge in [-0.1, -0.05) is 11.8 Å². The van der Waals surface area contributed by atoms with Crippen molar-refractivity contribution in [1.82, 2.24) is 20.3 Å². The lowest BCUT2D eigenvalue weighted by Crippen LogP contribution is -2.60. The first kappa shape index (κ1) is 15.0. The van der Waals surface area contributed by atoms with Gasteiger partial charge in [0.25, 0.3) is 0 Å². The minimum atomic E-state index is 0.0452. The average Bonchev–Trinajstić information content (AvgIpc) is 2.42. The molecule has 0 aromatic carbocycles. The van der Waals surface area contributed by atoms with Crippen molar-refractivity contribution >= 4 is 29.6 Å². The number of nitrogen functional groups attached to an aromatic ring is 2. The molecule has 4 bridgehead atoms. The summed E-state index contributed by atoms with van der Waals surface area (Å²) in [6, 6.07) is 0. The Labute approximate surface area is 139 Å². The number of hydrogen-bond donors (Lipinski definition) is 3. The van der Waals surface area contributed by atoms with Gasteiger partial charge in [-0.05, 0) is 56.3 Å². The number of amides is 1. The maximum absolute atomic E-state index is 12.4. The molecule has 7 nitrogen and oxygen atoms in total. The van der Waals surface area contributed by atoms with E-state index in [0.29, 0.717) is 5.16 Å². The first-order valence-corrected chi connectivity index (χ1v) is 9.19. The molecule has 1 amide bonds. The summed E-state index contributed by atoms with van der Waals surface area (Å²) in [5.41, 5.74) is 11.1. The third-order valence-electron chi connectivity index (χ3n) is 5.42. The van der Waals surface area contributed by atoms with Crippen LogP contribution in [0.2, 0.25) is 0 Å². The van der Waals surface area contributed by atoms with Gasteiger partial charge in [-0.3, -0.25) is 4.79 Å². The topological polar surface area (TPSA) is 120 Å². The van der Waals surface area contributed by atoms with Gasteiger partial charge < -0.3 is 16.8 Å². The molecule has 23 heavy (non-hydrogen) atoms. The van der Waals surface area contributed by atoms with E-state index in [4.69, 9.17) is 11.5 Å². The fourth-order valence-corrected chi connectivity index (χ4v) is 5.83. The summed E-state index contributed by atoms with van der Waals surface area (Å²) in [4.78, 5) is 24.1. The molecule has 0 spiro atoms. The molecule has 0 aliphatic heterocycles. The molecule has 0 saturated heterocycles. The van der Waals surface area contributed by atoms with Crippen molar-refractivity contribution in [3.63, 3.8) is 0 Å². The highest BCUT2D eigenvalue weighted by atomic mass is 32.2. The minimum Gasteiger partial charge on any atom is -0.368 e. The quantitative estimate of drug-likeness (QED) is 0.708. The van der Waals surface area contributed by atoms with Crippen LogP contribution in [0.5, 0.6) is 0 Å². The first-order chi connectivity index (χ1) is 11.0. The van der Waals surface area contributed by atoms with E-state index in [0.717, 1.165) is 37.0 Å². The van der Waals surface area contributed by atoms with Crippen molar-refractivity contribution in [3.05, 3.63) is 0 Å². The summed E-state index contributed by atoms with van der Waals surface area (Å²) in [5, 5.41) is 3.73. The Bertz CT molecular complexity index is 581. The molecular formula is C15H22N6OS. The van der Waals surface area contributed by atoms with E-state index in [1.54, 1.807) is 0 Å². The zero-order chi connectivity index (χ0) is 16.0. The lowest BCUT2D eigenvalue weighted by atomic mass is 9.53. The number of hydrogen-bond acceptors (Lipinski definition) is 7. The van der Waals surface area contributed by atoms with Crippen molar-refractivity contribution in [3.8, 4) is 0 Å². The third kappa shape index (κ3) is 3.08. The van der Waals surface area contributed by atoms with E-state index in [1.165, 1.54) is 31.0 Å². The van der Waals surface area contributed by atoms with Gasteiger partial charge in [-0.2, -0.15) is 15.0 Å². The van der Waals surface area contributed by atoms with Crippen molar-refractivity contribution in [2.75, 3.05) is 17.2 Å². The number of aromatic nitrogens is 3. The van der Waals surface area contributed by atoms with Crippen LogP contribution in [0, 0.1) is 17.8 Å². The van der Waals surface area contributed by atoms with E-state index in [2.05, 4.69) is 20.3 Å². The number of carbonyl (C=O) groups is 1.